The van der Waals surface area contributed by atoms with Crippen LogP contribution in [0.2, 0.25) is 0 Å². The minimum Gasteiger partial charge on any atom is -0.310 e. The fraction of sp³-hybridized carbons (Fsp3) is 0.647. The van der Waals surface area contributed by atoms with E-state index in [4.69, 9.17) is 0 Å². The molecular formula is C17H28N2. The lowest BCUT2D eigenvalue weighted by Gasteiger charge is -2.22. The highest BCUT2D eigenvalue weighted by Gasteiger charge is 2.19. The van der Waals surface area contributed by atoms with E-state index in [-0.39, 0.29) is 0 Å². The van der Waals surface area contributed by atoms with Crippen molar-refractivity contribution < 1.29 is 0 Å². The van der Waals surface area contributed by atoms with Gasteiger partial charge in [0.1, 0.15) is 0 Å². The van der Waals surface area contributed by atoms with Crippen LogP contribution in [0, 0.1) is 12.8 Å². The smallest absolute Gasteiger partial charge is 0.0332 e. The molecule has 1 N–H and O–H groups in total. The van der Waals surface area contributed by atoms with Crippen LogP contribution in [0.4, 0.5) is 0 Å². The molecule has 0 bridgehead atoms. The molecule has 0 saturated carbocycles. The topological polar surface area (TPSA) is 15.3 Å². The molecule has 2 heteroatoms. The molecule has 2 rings (SSSR count). The van der Waals surface area contributed by atoms with E-state index < -0.39 is 0 Å². The maximum Gasteiger partial charge on any atom is 0.0332 e. The molecule has 1 heterocycles. The first kappa shape index (κ1) is 14.5. The number of likely N-dealkylation sites (tertiary alicyclic amines) is 1. The minimum atomic E-state index is 0.501. The van der Waals surface area contributed by atoms with Crippen molar-refractivity contribution in [1.82, 2.24) is 10.2 Å². The van der Waals surface area contributed by atoms with E-state index in [1.165, 1.54) is 43.6 Å². The number of aryl methyl sites for hydroxylation is 1. The average molecular weight is 260 g/mol. The van der Waals surface area contributed by atoms with Gasteiger partial charge in [0.05, 0.1) is 0 Å². The molecule has 1 aliphatic heterocycles. The Hall–Kier alpha value is -0.860. The largest absolute Gasteiger partial charge is 0.310 e. The number of hydrogen-bond acceptors (Lipinski definition) is 2. The molecule has 0 aliphatic carbocycles. The molecular weight excluding hydrogens is 232 g/mol. The van der Waals surface area contributed by atoms with E-state index in [2.05, 4.69) is 55.3 Å². The zero-order chi connectivity index (χ0) is 13.7. The van der Waals surface area contributed by atoms with Crippen molar-refractivity contribution in [3.05, 3.63) is 35.4 Å². The summed E-state index contributed by atoms with van der Waals surface area (Å²) in [5.74, 6) is 0.886. The standard InChI is InChI=1S/C17H28N2/c1-4-18-17(16-7-5-14(2)6-8-16)10-12-19-11-9-15(3)13-19/h5-8,15,17-18H,4,9-13H2,1-3H3. The summed E-state index contributed by atoms with van der Waals surface area (Å²) in [6.07, 6.45) is 2.58. The van der Waals surface area contributed by atoms with Gasteiger partial charge in [-0.25, -0.2) is 0 Å². The Bertz CT molecular complexity index is 371. The Morgan fingerprint density at radius 1 is 1.32 bits per heavy atom. The Morgan fingerprint density at radius 3 is 2.63 bits per heavy atom. The number of rotatable bonds is 6. The normalized spacial score (nSPS) is 21.7. The van der Waals surface area contributed by atoms with Gasteiger partial charge in [0.15, 0.2) is 0 Å². The van der Waals surface area contributed by atoms with Crippen molar-refractivity contribution >= 4 is 0 Å². The summed E-state index contributed by atoms with van der Waals surface area (Å²) in [6, 6.07) is 9.49. The number of benzene rings is 1. The Balaban J connectivity index is 1.90. The summed E-state index contributed by atoms with van der Waals surface area (Å²) in [6.45, 7) is 11.5. The quantitative estimate of drug-likeness (QED) is 0.843. The molecule has 19 heavy (non-hydrogen) atoms. The zero-order valence-corrected chi connectivity index (χ0v) is 12.7. The average Bonchev–Trinajstić information content (AvgIpc) is 2.81. The first-order chi connectivity index (χ1) is 9.19. The monoisotopic (exact) mass is 260 g/mol. The lowest BCUT2D eigenvalue weighted by atomic mass is 10.0. The summed E-state index contributed by atoms with van der Waals surface area (Å²) in [7, 11) is 0. The fourth-order valence-corrected chi connectivity index (χ4v) is 2.97. The Morgan fingerprint density at radius 2 is 2.05 bits per heavy atom. The maximum absolute atomic E-state index is 3.63. The number of nitrogens with zero attached hydrogens (tertiary/aromatic N) is 1. The summed E-state index contributed by atoms with van der Waals surface area (Å²) < 4.78 is 0. The Kier molecular flexibility index (Phi) is 5.41. The lowest BCUT2D eigenvalue weighted by Crippen LogP contribution is -2.28. The van der Waals surface area contributed by atoms with E-state index in [1.54, 1.807) is 0 Å². The molecule has 1 aromatic carbocycles. The lowest BCUT2D eigenvalue weighted by molar-refractivity contribution is 0.302. The van der Waals surface area contributed by atoms with Gasteiger partial charge >= 0.3 is 0 Å². The van der Waals surface area contributed by atoms with Crippen LogP contribution in [0.3, 0.4) is 0 Å². The van der Waals surface area contributed by atoms with Crippen LogP contribution in [0.25, 0.3) is 0 Å². The molecule has 0 aromatic heterocycles. The maximum atomic E-state index is 3.63. The molecule has 2 unspecified atom stereocenters. The highest BCUT2D eigenvalue weighted by molar-refractivity contribution is 5.24. The third-order valence-electron chi connectivity index (χ3n) is 4.17. The second-order valence-electron chi connectivity index (χ2n) is 6.00. The number of nitrogens with one attached hydrogen (secondary N) is 1. The van der Waals surface area contributed by atoms with E-state index >= 15 is 0 Å². The molecule has 2 atom stereocenters. The van der Waals surface area contributed by atoms with E-state index in [1.807, 2.05) is 0 Å². The molecule has 1 aromatic rings. The molecule has 0 spiro atoms. The van der Waals surface area contributed by atoms with Crippen molar-refractivity contribution in [3.8, 4) is 0 Å². The molecule has 0 amide bonds. The van der Waals surface area contributed by atoms with Gasteiger partial charge in [0.2, 0.25) is 0 Å². The van der Waals surface area contributed by atoms with Crippen LogP contribution >= 0.6 is 0 Å². The van der Waals surface area contributed by atoms with Crippen molar-refractivity contribution in [3.63, 3.8) is 0 Å². The summed E-state index contributed by atoms with van der Waals surface area (Å²) in [5.41, 5.74) is 2.77. The second-order valence-corrected chi connectivity index (χ2v) is 6.00. The minimum absolute atomic E-state index is 0.501. The fourth-order valence-electron chi connectivity index (χ4n) is 2.97. The van der Waals surface area contributed by atoms with Crippen molar-refractivity contribution in [2.24, 2.45) is 5.92 Å². The van der Waals surface area contributed by atoms with Gasteiger partial charge in [-0.05, 0) is 50.9 Å². The molecule has 0 radical (unpaired) electrons. The van der Waals surface area contributed by atoms with E-state index in [9.17, 15) is 0 Å². The number of hydrogen-bond donors (Lipinski definition) is 1. The Labute approximate surface area is 118 Å². The molecule has 1 aliphatic rings. The third-order valence-corrected chi connectivity index (χ3v) is 4.17. The second kappa shape index (κ2) is 7.06. The van der Waals surface area contributed by atoms with Crippen LogP contribution in [0.15, 0.2) is 24.3 Å². The van der Waals surface area contributed by atoms with Crippen molar-refractivity contribution in [2.45, 2.75) is 39.7 Å². The SMILES string of the molecule is CCNC(CCN1CCC(C)C1)c1ccc(C)cc1. The van der Waals surface area contributed by atoms with E-state index in [0.717, 1.165) is 12.5 Å². The van der Waals surface area contributed by atoms with Crippen LogP contribution in [0.5, 0.6) is 0 Å². The van der Waals surface area contributed by atoms with Crippen molar-refractivity contribution in [2.75, 3.05) is 26.2 Å². The van der Waals surface area contributed by atoms with Gasteiger partial charge in [-0.15, -0.1) is 0 Å². The molecule has 1 saturated heterocycles. The summed E-state index contributed by atoms with van der Waals surface area (Å²) in [4.78, 5) is 2.61. The third kappa shape index (κ3) is 4.32. The predicted molar refractivity (Wildman–Crippen MR) is 82.4 cm³/mol. The predicted octanol–water partition coefficient (Wildman–Crippen LogP) is 3.38. The van der Waals surface area contributed by atoms with Gasteiger partial charge in [-0.1, -0.05) is 43.7 Å². The van der Waals surface area contributed by atoms with Crippen LogP contribution < -0.4 is 5.32 Å². The van der Waals surface area contributed by atoms with Crippen LogP contribution in [-0.4, -0.2) is 31.1 Å². The van der Waals surface area contributed by atoms with Gasteiger partial charge in [-0.2, -0.15) is 0 Å². The zero-order valence-electron chi connectivity index (χ0n) is 12.7. The van der Waals surface area contributed by atoms with Gasteiger partial charge in [-0.3, -0.25) is 0 Å². The first-order valence-electron chi connectivity index (χ1n) is 7.71. The van der Waals surface area contributed by atoms with Gasteiger partial charge < -0.3 is 10.2 Å². The molecule has 106 valence electrons. The summed E-state index contributed by atoms with van der Waals surface area (Å²) in [5, 5.41) is 3.63. The summed E-state index contributed by atoms with van der Waals surface area (Å²) >= 11 is 0. The van der Waals surface area contributed by atoms with Crippen molar-refractivity contribution in [1.29, 1.82) is 0 Å². The van der Waals surface area contributed by atoms with E-state index in [0.29, 0.717) is 6.04 Å². The van der Waals surface area contributed by atoms with Crippen LogP contribution in [-0.2, 0) is 0 Å². The molecule has 2 nitrogen and oxygen atoms in total. The highest BCUT2D eigenvalue weighted by atomic mass is 15.1. The molecule has 1 fully saturated rings. The first-order valence-corrected chi connectivity index (χ1v) is 7.71. The van der Waals surface area contributed by atoms with Crippen LogP contribution in [0.1, 0.15) is 43.9 Å². The van der Waals surface area contributed by atoms with Gasteiger partial charge in [0, 0.05) is 12.6 Å². The highest BCUT2D eigenvalue weighted by Crippen LogP contribution is 2.21. The van der Waals surface area contributed by atoms with Gasteiger partial charge in [0.25, 0.3) is 0 Å².